The van der Waals surface area contributed by atoms with Crippen molar-refractivity contribution in [1.82, 2.24) is 4.90 Å². The second kappa shape index (κ2) is 6.21. The fourth-order valence-corrected chi connectivity index (χ4v) is 1.11. The third-order valence-corrected chi connectivity index (χ3v) is 1.70. The number of carboxylic acid groups (broad SMARTS) is 3. The molecule has 1 rings (SSSR count). The number of amides is 1. The highest BCUT2D eigenvalue weighted by molar-refractivity contribution is 6.00. The van der Waals surface area contributed by atoms with E-state index in [1.807, 2.05) is 0 Å². The second-order valence-corrected chi connectivity index (χ2v) is 2.97. The number of rotatable bonds is 2. The first-order chi connectivity index (χ1) is 9.35. The Morgan fingerprint density at radius 1 is 1.25 bits per heavy atom. The van der Waals surface area contributed by atoms with Crippen LogP contribution in [0.1, 0.15) is 6.92 Å². The van der Waals surface area contributed by atoms with Crippen molar-refractivity contribution >= 4 is 30.4 Å². The lowest BCUT2D eigenvalue weighted by Gasteiger charge is -2.27. The first kappa shape index (κ1) is 15.0. The molecule has 0 aromatic rings. The fraction of sp³-hybridized carbons (Fsp3) is 0.375. The van der Waals surface area contributed by atoms with Gasteiger partial charge >= 0.3 is 30.4 Å². The zero-order valence-electron chi connectivity index (χ0n) is 9.92. The van der Waals surface area contributed by atoms with E-state index in [1.54, 1.807) is 0 Å². The lowest BCUT2D eigenvalue weighted by Crippen LogP contribution is -2.49. The minimum Gasteiger partial charge on any atom is -0.465 e. The molecule has 20 heavy (non-hydrogen) atoms. The molecule has 1 aliphatic rings. The Labute approximate surface area is 110 Å². The summed E-state index contributed by atoms with van der Waals surface area (Å²) in [7, 11) is 0. The van der Waals surface area contributed by atoms with Gasteiger partial charge in [-0.25, -0.2) is 14.4 Å². The number of aliphatic imine (C=N–C) groups is 2. The monoisotopic (exact) mass is 291 g/mol. The Hall–Kier alpha value is -3.05. The lowest BCUT2D eigenvalue weighted by atomic mass is 10.6. The summed E-state index contributed by atoms with van der Waals surface area (Å²) < 4.78 is 13.2. The minimum absolute atomic E-state index is 0.0250. The zero-order chi connectivity index (χ0) is 15.3. The zero-order valence-corrected chi connectivity index (χ0v) is 9.92. The van der Waals surface area contributed by atoms with E-state index in [2.05, 4.69) is 19.5 Å². The van der Waals surface area contributed by atoms with Gasteiger partial charge in [0.1, 0.15) is 0 Å². The van der Waals surface area contributed by atoms with Gasteiger partial charge in [0.25, 0.3) is 6.35 Å². The summed E-state index contributed by atoms with van der Waals surface area (Å²) in [5.41, 5.74) is 0. The highest BCUT2D eigenvalue weighted by Crippen LogP contribution is 2.14. The fourth-order valence-electron chi connectivity index (χ4n) is 1.11. The first-order valence-electron chi connectivity index (χ1n) is 4.97. The van der Waals surface area contributed by atoms with Gasteiger partial charge in [-0.1, -0.05) is 0 Å². The molecule has 110 valence electrons. The molecule has 0 spiro atoms. The van der Waals surface area contributed by atoms with Crippen molar-refractivity contribution in [2.75, 3.05) is 6.61 Å². The van der Waals surface area contributed by atoms with Crippen LogP contribution in [0.25, 0.3) is 0 Å². The highest BCUT2D eigenvalue weighted by Gasteiger charge is 2.37. The molecule has 12 nitrogen and oxygen atoms in total. The maximum atomic E-state index is 11.0. The van der Waals surface area contributed by atoms with Crippen LogP contribution in [-0.2, 0) is 14.2 Å². The maximum absolute atomic E-state index is 11.0. The molecule has 1 unspecified atom stereocenters. The molecule has 1 atom stereocenters. The Balaban J connectivity index is 3.12. The largest absolute Gasteiger partial charge is 0.513 e. The average Bonchev–Trinajstić information content (AvgIpc) is 2.26. The summed E-state index contributed by atoms with van der Waals surface area (Å²) in [5.74, 6) is 0. The van der Waals surface area contributed by atoms with Crippen molar-refractivity contribution in [3.05, 3.63) is 0 Å². The molecular formula is C8H9N3O9. The first-order valence-corrected chi connectivity index (χ1v) is 4.97. The van der Waals surface area contributed by atoms with Crippen LogP contribution in [0.3, 0.4) is 0 Å². The standard InChI is InChI=1S/C8H9N3O9/c1-2-18-4-9-3(19-7(14)15)10-5(20-8(16)17)11(4)6(12)13/h5H,2H2,1H3,(H,12,13)(H,14,15)(H,16,17). The van der Waals surface area contributed by atoms with E-state index in [0.717, 1.165) is 0 Å². The quantitative estimate of drug-likeness (QED) is 0.609. The summed E-state index contributed by atoms with van der Waals surface area (Å²) >= 11 is 0. The molecule has 1 aliphatic heterocycles. The van der Waals surface area contributed by atoms with Crippen molar-refractivity contribution < 1.29 is 43.9 Å². The third-order valence-electron chi connectivity index (χ3n) is 1.70. The number of carbonyl (C=O) groups is 3. The summed E-state index contributed by atoms with van der Waals surface area (Å²) in [4.78, 5) is 38.8. The van der Waals surface area contributed by atoms with Gasteiger partial charge in [0.2, 0.25) is 0 Å². The van der Waals surface area contributed by atoms with Gasteiger partial charge in [-0.2, -0.15) is 9.89 Å². The van der Waals surface area contributed by atoms with E-state index in [1.165, 1.54) is 6.92 Å². The Bertz CT molecular complexity index is 486. The van der Waals surface area contributed by atoms with Gasteiger partial charge in [0.05, 0.1) is 6.61 Å². The van der Waals surface area contributed by atoms with Crippen molar-refractivity contribution in [3.8, 4) is 0 Å². The molecule has 0 saturated heterocycles. The van der Waals surface area contributed by atoms with E-state index in [4.69, 9.17) is 20.1 Å². The van der Waals surface area contributed by atoms with Crippen molar-refractivity contribution in [2.45, 2.75) is 13.3 Å². The molecule has 1 amide bonds. The summed E-state index contributed by atoms with van der Waals surface area (Å²) in [6, 6.07) is -1.44. The van der Waals surface area contributed by atoms with Gasteiger partial charge < -0.3 is 29.5 Å². The molecule has 0 saturated carbocycles. The summed E-state index contributed by atoms with van der Waals surface area (Å²) in [6.07, 6.45) is -7.21. The van der Waals surface area contributed by atoms with Crippen LogP contribution in [0.5, 0.6) is 0 Å². The Morgan fingerprint density at radius 2 is 1.90 bits per heavy atom. The van der Waals surface area contributed by atoms with E-state index in [0.29, 0.717) is 0 Å². The lowest BCUT2D eigenvalue weighted by molar-refractivity contribution is -0.00654. The molecule has 12 heteroatoms. The third kappa shape index (κ3) is 3.72. The van der Waals surface area contributed by atoms with Gasteiger partial charge in [-0.05, 0) is 6.92 Å². The van der Waals surface area contributed by atoms with Crippen LogP contribution in [0.4, 0.5) is 14.4 Å². The normalized spacial score (nSPS) is 17.6. The van der Waals surface area contributed by atoms with E-state index >= 15 is 0 Å². The van der Waals surface area contributed by atoms with Crippen molar-refractivity contribution in [1.29, 1.82) is 0 Å². The van der Waals surface area contributed by atoms with Crippen LogP contribution in [0.15, 0.2) is 9.98 Å². The molecule has 0 fully saturated rings. The van der Waals surface area contributed by atoms with E-state index in [9.17, 15) is 14.4 Å². The van der Waals surface area contributed by atoms with Crippen LogP contribution in [-0.4, -0.2) is 63.6 Å². The predicted molar refractivity (Wildman–Crippen MR) is 58.4 cm³/mol. The van der Waals surface area contributed by atoms with Crippen molar-refractivity contribution in [2.24, 2.45) is 9.98 Å². The number of hydrogen-bond acceptors (Lipinski definition) is 8. The second-order valence-electron chi connectivity index (χ2n) is 2.97. The smallest absolute Gasteiger partial charge is 0.465 e. The van der Waals surface area contributed by atoms with Gasteiger partial charge in [0, 0.05) is 0 Å². The van der Waals surface area contributed by atoms with Crippen LogP contribution in [0, 0.1) is 0 Å². The number of hydrogen-bond donors (Lipinski definition) is 3. The number of amidine groups is 2. The number of nitrogens with zero attached hydrogens (tertiary/aromatic N) is 3. The summed E-state index contributed by atoms with van der Waals surface area (Å²) in [6.45, 7) is 1.47. The maximum Gasteiger partial charge on any atom is 0.513 e. The van der Waals surface area contributed by atoms with Crippen LogP contribution >= 0.6 is 0 Å². The topological polar surface area (TPSA) is 168 Å². The molecule has 0 radical (unpaired) electrons. The molecule has 1 heterocycles. The average molecular weight is 291 g/mol. The van der Waals surface area contributed by atoms with Crippen molar-refractivity contribution in [3.63, 3.8) is 0 Å². The minimum atomic E-state index is -1.93. The predicted octanol–water partition coefficient (Wildman–Crippen LogP) is 0.401. The molecule has 0 aromatic heterocycles. The molecular weight excluding hydrogens is 282 g/mol. The van der Waals surface area contributed by atoms with Crippen LogP contribution in [0.2, 0.25) is 0 Å². The Kier molecular flexibility index (Phi) is 4.66. The molecule has 0 aromatic carbocycles. The van der Waals surface area contributed by atoms with Crippen LogP contribution < -0.4 is 0 Å². The van der Waals surface area contributed by atoms with Gasteiger partial charge in [-0.3, -0.25) is 0 Å². The Morgan fingerprint density at radius 3 is 2.35 bits per heavy atom. The van der Waals surface area contributed by atoms with Gasteiger partial charge in [-0.15, -0.1) is 4.99 Å². The van der Waals surface area contributed by atoms with Gasteiger partial charge in [0.15, 0.2) is 0 Å². The van der Waals surface area contributed by atoms with E-state index in [-0.39, 0.29) is 11.5 Å². The molecule has 0 aliphatic carbocycles. The number of ether oxygens (including phenoxy) is 3. The molecule has 0 bridgehead atoms. The van der Waals surface area contributed by atoms with E-state index < -0.39 is 36.8 Å². The summed E-state index contributed by atoms with van der Waals surface area (Å²) in [5, 5.41) is 25.9. The SMILES string of the molecule is CCOC1=NC(OC(=O)O)=NC(OC(=O)O)N1C(=O)O. The highest BCUT2D eigenvalue weighted by atomic mass is 16.7. The molecule has 3 N–H and O–H groups in total.